The van der Waals surface area contributed by atoms with E-state index in [4.69, 9.17) is 9.84 Å². The Bertz CT molecular complexity index is 1270. The highest BCUT2D eigenvalue weighted by atomic mass is 19.1. The summed E-state index contributed by atoms with van der Waals surface area (Å²) in [7, 11) is 1.62. The predicted octanol–water partition coefficient (Wildman–Crippen LogP) is 5.24. The van der Waals surface area contributed by atoms with Gasteiger partial charge < -0.3 is 10.1 Å². The van der Waals surface area contributed by atoms with Crippen LogP contribution in [0.1, 0.15) is 23.1 Å². The van der Waals surface area contributed by atoms with Gasteiger partial charge in [-0.05, 0) is 54.8 Å². The summed E-state index contributed by atoms with van der Waals surface area (Å²) in [5.41, 5.74) is 5.37. The van der Waals surface area contributed by atoms with Gasteiger partial charge in [-0.15, -0.1) is 0 Å². The Morgan fingerprint density at radius 3 is 2.67 bits per heavy atom. The Kier molecular flexibility index (Phi) is 6.83. The van der Waals surface area contributed by atoms with Crippen molar-refractivity contribution in [3.63, 3.8) is 0 Å². The quantitative estimate of drug-likeness (QED) is 0.405. The number of aromatic nitrogens is 2. The second-order valence-corrected chi connectivity index (χ2v) is 7.93. The van der Waals surface area contributed by atoms with Gasteiger partial charge in [-0.3, -0.25) is 4.79 Å². The molecule has 0 unspecified atom stereocenters. The highest BCUT2D eigenvalue weighted by Gasteiger charge is 2.15. The molecular formula is C27H26FN3O2. The minimum absolute atomic E-state index is 0.0356. The van der Waals surface area contributed by atoms with E-state index in [1.807, 2.05) is 55.6 Å². The highest BCUT2D eigenvalue weighted by molar-refractivity contribution is 5.76. The molecule has 0 spiro atoms. The largest absolute Gasteiger partial charge is 0.497 e. The molecule has 0 saturated carbocycles. The number of aryl methyl sites for hydroxylation is 2. The molecule has 0 aliphatic rings. The molecule has 0 aliphatic heterocycles. The smallest absolute Gasteiger partial charge is 0.220 e. The average molecular weight is 444 g/mol. The molecule has 5 nitrogen and oxygen atoms in total. The molecule has 168 valence electrons. The van der Waals surface area contributed by atoms with Crippen molar-refractivity contribution in [3.05, 3.63) is 102 Å². The molecule has 0 atom stereocenters. The van der Waals surface area contributed by atoms with Crippen molar-refractivity contribution in [2.24, 2.45) is 0 Å². The molecule has 1 amide bonds. The molecule has 6 heteroatoms. The standard InChI is InChI=1S/C27H26FN3O2/c1-19-6-3-7-20(14-19)17-29-26(32)13-12-22-18-31(24-10-5-9-23(28)16-24)30-27(22)21-8-4-11-25(15-21)33-2/h3-11,14-16,18H,12-13,17H2,1-2H3,(H,29,32). The summed E-state index contributed by atoms with van der Waals surface area (Å²) in [6, 6.07) is 22.0. The van der Waals surface area contributed by atoms with E-state index in [9.17, 15) is 9.18 Å². The van der Waals surface area contributed by atoms with E-state index in [2.05, 4.69) is 11.4 Å². The SMILES string of the molecule is COc1cccc(-c2nn(-c3cccc(F)c3)cc2CCC(=O)NCc2cccc(C)c2)c1. The zero-order valence-electron chi connectivity index (χ0n) is 18.7. The van der Waals surface area contributed by atoms with Crippen LogP contribution in [0.2, 0.25) is 0 Å². The van der Waals surface area contributed by atoms with Crippen LogP contribution in [0.5, 0.6) is 5.75 Å². The molecule has 0 saturated heterocycles. The van der Waals surface area contributed by atoms with Crippen molar-refractivity contribution >= 4 is 5.91 Å². The van der Waals surface area contributed by atoms with E-state index in [1.54, 1.807) is 23.9 Å². The number of hydrogen-bond acceptors (Lipinski definition) is 3. The highest BCUT2D eigenvalue weighted by Crippen LogP contribution is 2.28. The van der Waals surface area contributed by atoms with Gasteiger partial charge in [0.2, 0.25) is 5.91 Å². The van der Waals surface area contributed by atoms with Crippen LogP contribution in [0.15, 0.2) is 79.0 Å². The van der Waals surface area contributed by atoms with E-state index in [1.165, 1.54) is 12.1 Å². The van der Waals surface area contributed by atoms with Crippen LogP contribution in [0.4, 0.5) is 4.39 Å². The molecule has 1 heterocycles. The minimum Gasteiger partial charge on any atom is -0.497 e. The average Bonchev–Trinajstić information content (AvgIpc) is 3.26. The van der Waals surface area contributed by atoms with Crippen LogP contribution < -0.4 is 10.1 Å². The first kappa shape index (κ1) is 22.3. The van der Waals surface area contributed by atoms with Crippen LogP contribution >= 0.6 is 0 Å². The summed E-state index contributed by atoms with van der Waals surface area (Å²) < 4.78 is 20.8. The molecule has 0 bridgehead atoms. The fraction of sp³-hybridized carbons (Fsp3) is 0.185. The number of rotatable bonds is 8. The third kappa shape index (κ3) is 5.66. The number of benzene rings is 3. The van der Waals surface area contributed by atoms with Gasteiger partial charge in [-0.25, -0.2) is 9.07 Å². The Hall–Kier alpha value is -3.93. The van der Waals surface area contributed by atoms with Crippen molar-refractivity contribution in [3.8, 4) is 22.7 Å². The van der Waals surface area contributed by atoms with Crippen molar-refractivity contribution in [1.29, 1.82) is 0 Å². The number of hydrogen-bond donors (Lipinski definition) is 1. The van der Waals surface area contributed by atoms with Crippen LogP contribution in [0, 0.1) is 12.7 Å². The van der Waals surface area contributed by atoms with Gasteiger partial charge in [0.25, 0.3) is 0 Å². The molecule has 1 aromatic heterocycles. The summed E-state index contributed by atoms with van der Waals surface area (Å²) in [5, 5.41) is 7.70. The Labute approximate surface area is 192 Å². The second kappa shape index (κ2) is 10.1. The Morgan fingerprint density at radius 1 is 1.06 bits per heavy atom. The predicted molar refractivity (Wildman–Crippen MR) is 127 cm³/mol. The minimum atomic E-state index is -0.331. The molecule has 0 fully saturated rings. The van der Waals surface area contributed by atoms with Gasteiger partial charge in [-0.1, -0.05) is 48.0 Å². The molecule has 1 N–H and O–H groups in total. The second-order valence-electron chi connectivity index (χ2n) is 7.93. The lowest BCUT2D eigenvalue weighted by Gasteiger charge is -2.07. The fourth-order valence-electron chi connectivity index (χ4n) is 3.72. The number of amides is 1. The van der Waals surface area contributed by atoms with E-state index in [0.717, 1.165) is 33.7 Å². The van der Waals surface area contributed by atoms with Crippen LogP contribution in [-0.4, -0.2) is 22.8 Å². The number of carbonyl (C=O) groups is 1. The van der Waals surface area contributed by atoms with Gasteiger partial charge in [-0.2, -0.15) is 5.10 Å². The normalized spacial score (nSPS) is 10.8. The number of methoxy groups -OCH3 is 1. The lowest BCUT2D eigenvalue weighted by Crippen LogP contribution is -2.23. The maximum absolute atomic E-state index is 13.8. The van der Waals surface area contributed by atoms with E-state index in [0.29, 0.717) is 25.1 Å². The summed E-state index contributed by atoms with van der Waals surface area (Å²) in [5.74, 6) is 0.351. The van der Waals surface area contributed by atoms with Crippen LogP contribution in [-0.2, 0) is 17.8 Å². The summed E-state index contributed by atoms with van der Waals surface area (Å²) in [6.07, 6.45) is 2.68. The maximum atomic E-state index is 13.8. The first-order valence-electron chi connectivity index (χ1n) is 10.8. The number of nitrogens with one attached hydrogen (secondary N) is 1. The van der Waals surface area contributed by atoms with Crippen molar-refractivity contribution in [2.75, 3.05) is 7.11 Å². The topological polar surface area (TPSA) is 56.2 Å². The van der Waals surface area contributed by atoms with E-state index < -0.39 is 0 Å². The monoisotopic (exact) mass is 443 g/mol. The van der Waals surface area contributed by atoms with Crippen LogP contribution in [0.25, 0.3) is 16.9 Å². The van der Waals surface area contributed by atoms with Gasteiger partial charge in [0.05, 0.1) is 18.5 Å². The van der Waals surface area contributed by atoms with E-state index in [-0.39, 0.29) is 11.7 Å². The zero-order chi connectivity index (χ0) is 23.2. The van der Waals surface area contributed by atoms with Gasteiger partial charge in [0, 0.05) is 24.7 Å². The number of ether oxygens (including phenoxy) is 1. The third-order valence-electron chi connectivity index (χ3n) is 5.40. The zero-order valence-corrected chi connectivity index (χ0v) is 18.7. The molecular weight excluding hydrogens is 417 g/mol. The van der Waals surface area contributed by atoms with Crippen molar-refractivity contribution in [1.82, 2.24) is 15.1 Å². The first-order chi connectivity index (χ1) is 16.0. The number of halogens is 1. The fourth-order valence-corrected chi connectivity index (χ4v) is 3.72. The molecule has 4 aromatic rings. The lowest BCUT2D eigenvalue weighted by molar-refractivity contribution is -0.121. The molecule has 0 radical (unpaired) electrons. The lowest BCUT2D eigenvalue weighted by atomic mass is 10.0. The Balaban J connectivity index is 1.54. The van der Waals surface area contributed by atoms with Crippen LogP contribution in [0.3, 0.4) is 0 Å². The number of carbonyl (C=O) groups excluding carboxylic acids is 1. The van der Waals surface area contributed by atoms with Gasteiger partial charge in [0.15, 0.2) is 0 Å². The molecule has 33 heavy (non-hydrogen) atoms. The Morgan fingerprint density at radius 2 is 1.88 bits per heavy atom. The number of nitrogens with zero attached hydrogens (tertiary/aromatic N) is 2. The van der Waals surface area contributed by atoms with Crippen molar-refractivity contribution < 1.29 is 13.9 Å². The third-order valence-corrected chi connectivity index (χ3v) is 5.40. The summed E-state index contributed by atoms with van der Waals surface area (Å²) in [6.45, 7) is 2.52. The maximum Gasteiger partial charge on any atom is 0.220 e. The van der Waals surface area contributed by atoms with Gasteiger partial charge in [0.1, 0.15) is 11.6 Å². The van der Waals surface area contributed by atoms with Crippen molar-refractivity contribution in [2.45, 2.75) is 26.3 Å². The van der Waals surface area contributed by atoms with Gasteiger partial charge >= 0.3 is 0 Å². The van der Waals surface area contributed by atoms with E-state index >= 15 is 0 Å². The summed E-state index contributed by atoms with van der Waals surface area (Å²) >= 11 is 0. The molecule has 3 aromatic carbocycles. The first-order valence-corrected chi connectivity index (χ1v) is 10.8. The summed E-state index contributed by atoms with van der Waals surface area (Å²) in [4.78, 5) is 12.5. The molecule has 0 aliphatic carbocycles. The molecule has 4 rings (SSSR count).